The molecular formula is C20H20FN3. The lowest BCUT2D eigenvalue weighted by molar-refractivity contribution is 0.616. The Balaban J connectivity index is 1.77. The summed E-state index contributed by atoms with van der Waals surface area (Å²) in [5.74, 6) is -0.207. The number of imidazole rings is 1. The van der Waals surface area contributed by atoms with E-state index < -0.39 is 0 Å². The van der Waals surface area contributed by atoms with Gasteiger partial charge in [-0.1, -0.05) is 30.3 Å². The lowest BCUT2D eigenvalue weighted by Crippen LogP contribution is -2.24. The molecule has 4 rings (SSSR count). The zero-order valence-electron chi connectivity index (χ0n) is 13.7. The molecular weight excluding hydrogens is 301 g/mol. The van der Waals surface area contributed by atoms with Crippen LogP contribution in [0.4, 0.5) is 4.39 Å². The summed E-state index contributed by atoms with van der Waals surface area (Å²) in [6.07, 6.45) is 4.82. The Kier molecular flexibility index (Phi) is 3.90. The predicted molar refractivity (Wildman–Crippen MR) is 93.3 cm³/mol. The number of halogens is 1. The summed E-state index contributed by atoms with van der Waals surface area (Å²) in [5, 5.41) is 3.42. The van der Waals surface area contributed by atoms with E-state index in [9.17, 15) is 4.39 Å². The highest BCUT2D eigenvalue weighted by Crippen LogP contribution is 2.31. The maximum Gasteiger partial charge on any atom is 0.123 e. The van der Waals surface area contributed by atoms with Gasteiger partial charge in [-0.05, 0) is 48.7 Å². The molecule has 1 aliphatic rings. The Morgan fingerprint density at radius 2 is 2.00 bits per heavy atom. The largest absolute Gasteiger partial charge is 0.323 e. The summed E-state index contributed by atoms with van der Waals surface area (Å²) >= 11 is 0. The molecule has 0 amide bonds. The van der Waals surface area contributed by atoms with Crippen LogP contribution in [0.2, 0.25) is 0 Å². The fraction of sp³-hybridized carbons (Fsp3) is 0.250. The van der Waals surface area contributed by atoms with Crippen LogP contribution in [0.1, 0.15) is 29.7 Å². The second-order valence-electron chi connectivity index (χ2n) is 6.28. The fourth-order valence-corrected chi connectivity index (χ4v) is 3.50. The van der Waals surface area contributed by atoms with E-state index in [-0.39, 0.29) is 11.9 Å². The molecule has 0 spiro atoms. The fourth-order valence-electron chi connectivity index (χ4n) is 3.50. The van der Waals surface area contributed by atoms with Crippen LogP contribution >= 0.6 is 0 Å². The van der Waals surface area contributed by atoms with Crippen molar-refractivity contribution in [3.05, 3.63) is 77.5 Å². The number of hydrogen-bond acceptors (Lipinski definition) is 2. The summed E-state index contributed by atoms with van der Waals surface area (Å²) < 4.78 is 15.4. The lowest BCUT2D eigenvalue weighted by atomic mass is 9.93. The van der Waals surface area contributed by atoms with Crippen molar-refractivity contribution in [2.45, 2.75) is 25.9 Å². The zero-order valence-corrected chi connectivity index (χ0v) is 13.7. The Morgan fingerprint density at radius 1 is 1.17 bits per heavy atom. The van der Waals surface area contributed by atoms with Crippen LogP contribution in [0.25, 0.3) is 11.3 Å². The van der Waals surface area contributed by atoms with Crippen LogP contribution in [0.5, 0.6) is 0 Å². The van der Waals surface area contributed by atoms with Crippen molar-refractivity contribution >= 4 is 0 Å². The summed E-state index contributed by atoms with van der Waals surface area (Å²) in [7, 11) is 0. The Morgan fingerprint density at radius 3 is 2.83 bits per heavy atom. The monoisotopic (exact) mass is 321 g/mol. The van der Waals surface area contributed by atoms with E-state index in [1.54, 1.807) is 0 Å². The average molecular weight is 321 g/mol. The number of hydrogen-bond donors (Lipinski definition) is 1. The number of aromatic nitrogens is 2. The van der Waals surface area contributed by atoms with E-state index in [2.05, 4.69) is 40.0 Å². The maximum atomic E-state index is 13.2. The van der Waals surface area contributed by atoms with Gasteiger partial charge in [0.1, 0.15) is 5.82 Å². The quantitative estimate of drug-likeness (QED) is 0.792. The van der Waals surface area contributed by atoms with Gasteiger partial charge in [0.2, 0.25) is 0 Å². The lowest BCUT2D eigenvalue weighted by Gasteiger charge is -2.23. The van der Waals surface area contributed by atoms with Crippen molar-refractivity contribution in [3.8, 4) is 11.3 Å². The predicted octanol–water partition coefficient (Wildman–Crippen LogP) is 3.94. The third-order valence-electron chi connectivity index (χ3n) is 4.85. The molecule has 2 heterocycles. The topological polar surface area (TPSA) is 29.9 Å². The number of benzene rings is 2. The van der Waals surface area contributed by atoms with Gasteiger partial charge in [0.05, 0.1) is 24.3 Å². The minimum absolute atomic E-state index is 0.0978. The summed E-state index contributed by atoms with van der Waals surface area (Å²) in [6.45, 7) is 4.05. The number of fused-ring (bicyclic) bond motifs is 1. The van der Waals surface area contributed by atoms with E-state index in [1.807, 2.05) is 24.7 Å². The highest BCUT2D eigenvalue weighted by atomic mass is 19.1. The highest BCUT2D eigenvalue weighted by Gasteiger charge is 2.18. The molecule has 1 aliphatic heterocycles. The molecule has 3 nitrogen and oxygen atoms in total. The molecule has 3 aromatic rings. The normalized spacial score (nSPS) is 15.1. The first-order chi connectivity index (χ1) is 11.7. The van der Waals surface area contributed by atoms with Crippen molar-refractivity contribution in [3.63, 3.8) is 0 Å². The molecule has 1 aromatic heterocycles. The van der Waals surface area contributed by atoms with Gasteiger partial charge in [-0.3, -0.25) is 0 Å². The number of nitrogens with zero attached hydrogens (tertiary/aromatic N) is 2. The van der Waals surface area contributed by atoms with Crippen LogP contribution in [0.15, 0.2) is 55.0 Å². The first-order valence-electron chi connectivity index (χ1n) is 8.33. The summed E-state index contributed by atoms with van der Waals surface area (Å²) in [5.41, 5.74) is 6.21. The van der Waals surface area contributed by atoms with E-state index in [1.165, 1.54) is 28.8 Å². The van der Waals surface area contributed by atoms with Gasteiger partial charge in [-0.25, -0.2) is 9.37 Å². The maximum absolute atomic E-state index is 13.2. The minimum atomic E-state index is -0.207. The summed E-state index contributed by atoms with van der Waals surface area (Å²) in [6, 6.07) is 13.3. The molecule has 0 aliphatic carbocycles. The third kappa shape index (κ3) is 2.63. The molecule has 0 fully saturated rings. The standard InChI is InChI=1S/C20H20FN3/c1-14(15-5-7-17(21)8-6-15)24-13-23-12-20(24)19-4-2-3-16-11-22-10-9-18(16)19/h2-8,12-14,22H,9-11H2,1H3. The first kappa shape index (κ1) is 15.1. The van der Waals surface area contributed by atoms with Gasteiger partial charge in [0, 0.05) is 12.1 Å². The van der Waals surface area contributed by atoms with Crippen LogP contribution in [0.3, 0.4) is 0 Å². The van der Waals surface area contributed by atoms with E-state index in [4.69, 9.17) is 0 Å². The van der Waals surface area contributed by atoms with Crippen LogP contribution < -0.4 is 5.32 Å². The first-order valence-corrected chi connectivity index (χ1v) is 8.33. The van der Waals surface area contributed by atoms with Crippen molar-refractivity contribution in [1.82, 2.24) is 14.9 Å². The second-order valence-corrected chi connectivity index (χ2v) is 6.28. The van der Waals surface area contributed by atoms with Gasteiger partial charge in [0.15, 0.2) is 0 Å². The Hall–Kier alpha value is -2.46. The number of nitrogens with one attached hydrogen (secondary N) is 1. The van der Waals surface area contributed by atoms with Crippen molar-refractivity contribution in [1.29, 1.82) is 0 Å². The highest BCUT2D eigenvalue weighted by molar-refractivity contribution is 5.66. The SMILES string of the molecule is CC(c1ccc(F)cc1)n1cncc1-c1cccc2c1CCNC2. The third-order valence-corrected chi connectivity index (χ3v) is 4.85. The number of rotatable bonds is 3. The molecule has 1 unspecified atom stereocenters. The average Bonchev–Trinajstić information content (AvgIpc) is 3.11. The molecule has 1 atom stereocenters. The van der Waals surface area contributed by atoms with Gasteiger partial charge in [-0.15, -0.1) is 0 Å². The van der Waals surface area contributed by atoms with E-state index in [0.717, 1.165) is 30.8 Å². The molecule has 0 saturated carbocycles. The molecule has 0 saturated heterocycles. The molecule has 1 N–H and O–H groups in total. The van der Waals surface area contributed by atoms with Crippen LogP contribution in [-0.2, 0) is 13.0 Å². The van der Waals surface area contributed by atoms with Gasteiger partial charge in [0.25, 0.3) is 0 Å². The van der Waals surface area contributed by atoms with Crippen molar-refractivity contribution in [2.75, 3.05) is 6.54 Å². The van der Waals surface area contributed by atoms with E-state index >= 15 is 0 Å². The van der Waals surface area contributed by atoms with Gasteiger partial charge >= 0.3 is 0 Å². The van der Waals surface area contributed by atoms with Gasteiger partial charge < -0.3 is 9.88 Å². The minimum Gasteiger partial charge on any atom is -0.323 e. The molecule has 0 bridgehead atoms. The second kappa shape index (κ2) is 6.21. The van der Waals surface area contributed by atoms with E-state index in [0.29, 0.717) is 0 Å². The van der Waals surface area contributed by atoms with Gasteiger partial charge in [-0.2, -0.15) is 0 Å². The zero-order chi connectivity index (χ0) is 16.5. The van der Waals surface area contributed by atoms with Crippen LogP contribution in [0, 0.1) is 5.82 Å². The molecule has 4 heteroatoms. The van der Waals surface area contributed by atoms with Crippen molar-refractivity contribution in [2.24, 2.45) is 0 Å². The Bertz CT molecular complexity index is 852. The Labute approximate surface area is 141 Å². The smallest absolute Gasteiger partial charge is 0.123 e. The molecule has 0 radical (unpaired) electrons. The molecule has 122 valence electrons. The summed E-state index contributed by atoms with van der Waals surface area (Å²) in [4.78, 5) is 4.38. The molecule has 24 heavy (non-hydrogen) atoms. The molecule has 2 aromatic carbocycles. The van der Waals surface area contributed by atoms with Crippen LogP contribution in [-0.4, -0.2) is 16.1 Å². The van der Waals surface area contributed by atoms with Crippen molar-refractivity contribution < 1.29 is 4.39 Å².